The predicted octanol–water partition coefficient (Wildman–Crippen LogP) is 3.41. The zero-order valence-corrected chi connectivity index (χ0v) is 12.9. The van der Waals surface area contributed by atoms with Crippen molar-refractivity contribution in [1.29, 1.82) is 0 Å². The summed E-state index contributed by atoms with van der Waals surface area (Å²) in [6, 6.07) is 15.5. The van der Waals surface area contributed by atoms with Crippen molar-refractivity contribution in [3.63, 3.8) is 0 Å². The van der Waals surface area contributed by atoms with Crippen LogP contribution in [0.4, 0.5) is 0 Å². The van der Waals surface area contributed by atoms with Crippen LogP contribution in [0.3, 0.4) is 0 Å². The lowest BCUT2D eigenvalue weighted by Crippen LogP contribution is -2.22. The van der Waals surface area contributed by atoms with Gasteiger partial charge in [-0.1, -0.05) is 48.0 Å². The summed E-state index contributed by atoms with van der Waals surface area (Å²) in [5, 5.41) is 0. The van der Waals surface area contributed by atoms with Crippen LogP contribution in [0.2, 0.25) is 0 Å². The first-order valence-electron chi connectivity index (χ1n) is 7.05. The highest BCUT2D eigenvalue weighted by Crippen LogP contribution is 2.30. The molecule has 0 aromatic heterocycles. The van der Waals surface area contributed by atoms with Crippen LogP contribution in [0.1, 0.15) is 33.9 Å². The molecule has 2 aromatic rings. The van der Waals surface area contributed by atoms with Crippen LogP contribution in [-0.2, 0) is 6.54 Å². The lowest BCUT2D eigenvalue weighted by atomic mass is 9.92. The number of hydrogen-bond acceptors (Lipinski definition) is 2. The maximum atomic E-state index is 5.77. The smallest absolute Gasteiger partial charge is 0.0599 e. The molecule has 0 saturated heterocycles. The number of benzene rings is 2. The standard InChI is InChI=1S/C18H24N2/c1-13-8-9-14(2)17(10-13)18(20(3)4)16-7-5-6-15(11-16)12-19/h5-11,18H,12,19H2,1-4H3. The van der Waals surface area contributed by atoms with Gasteiger partial charge in [-0.2, -0.15) is 0 Å². The average Bonchev–Trinajstić information content (AvgIpc) is 2.43. The highest BCUT2D eigenvalue weighted by atomic mass is 15.1. The van der Waals surface area contributed by atoms with Gasteiger partial charge in [0.2, 0.25) is 0 Å². The molecule has 0 aliphatic rings. The zero-order valence-electron chi connectivity index (χ0n) is 12.9. The van der Waals surface area contributed by atoms with Gasteiger partial charge in [0.15, 0.2) is 0 Å². The van der Waals surface area contributed by atoms with Crippen molar-refractivity contribution in [2.24, 2.45) is 5.73 Å². The van der Waals surface area contributed by atoms with Crippen molar-refractivity contribution in [2.75, 3.05) is 14.1 Å². The van der Waals surface area contributed by atoms with E-state index in [9.17, 15) is 0 Å². The quantitative estimate of drug-likeness (QED) is 0.920. The first-order chi connectivity index (χ1) is 9.52. The number of hydrogen-bond donors (Lipinski definition) is 1. The molecule has 0 amide bonds. The fourth-order valence-electron chi connectivity index (χ4n) is 2.70. The Morgan fingerprint density at radius 1 is 1.05 bits per heavy atom. The van der Waals surface area contributed by atoms with E-state index in [1.54, 1.807) is 0 Å². The van der Waals surface area contributed by atoms with Crippen molar-refractivity contribution in [1.82, 2.24) is 4.90 Å². The zero-order chi connectivity index (χ0) is 14.7. The van der Waals surface area contributed by atoms with Gasteiger partial charge in [0.25, 0.3) is 0 Å². The number of aryl methyl sites for hydroxylation is 2. The van der Waals surface area contributed by atoms with E-state index in [1.807, 2.05) is 0 Å². The van der Waals surface area contributed by atoms with Gasteiger partial charge in [0.1, 0.15) is 0 Å². The lowest BCUT2D eigenvalue weighted by Gasteiger charge is -2.27. The molecular weight excluding hydrogens is 244 g/mol. The predicted molar refractivity (Wildman–Crippen MR) is 85.8 cm³/mol. The Labute approximate surface area is 122 Å². The highest BCUT2D eigenvalue weighted by molar-refractivity contribution is 5.40. The average molecular weight is 268 g/mol. The molecule has 1 unspecified atom stereocenters. The molecule has 0 radical (unpaired) electrons. The minimum atomic E-state index is 0.265. The van der Waals surface area contributed by atoms with Crippen LogP contribution >= 0.6 is 0 Å². The minimum Gasteiger partial charge on any atom is -0.326 e. The molecule has 0 aliphatic heterocycles. The van der Waals surface area contributed by atoms with E-state index < -0.39 is 0 Å². The second-order valence-electron chi connectivity index (χ2n) is 5.68. The Morgan fingerprint density at radius 3 is 2.45 bits per heavy atom. The van der Waals surface area contributed by atoms with Crippen LogP contribution in [0.5, 0.6) is 0 Å². The van der Waals surface area contributed by atoms with Gasteiger partial charge in [-0.15, -0.1) is 0 Å². The third-order valence-electron chi connectivity index (χ3n) is 3.75. The van der Waals surface area contributed by atoms with Gasteiger partial charge in [-0.05, 0) is 50.2 Å². The third-order valence-corrected chi connectivity index (χ3v) is 3.75. The van der Waals surface area contributed by atoms with Crippen LogP contribution in [0.15, 0.2) is 42.5 Å². The second kappa shape index (κ2) is 6.21. The first kappa shape index (κ1) is 14.8. The minimum absolute atomic E-state index is 0.265. The van der Waals surface area contributed by atoms with E-state index in [0.717, 1.165) is 0 Å². The molecule has 2 rings (SSSR count). The summed E-state index contributed by atoms with van der Waals surface area (Å²) in [6.45, 7) is 4.91. The number of rotatable bonds is 4. The van der Waals surface area contributed by atoms with Crippen molar-refractivity contribution >= 4 is 0 Å². The van der Waals surface area contributed by atoms with Crippen LogP contribution < -0.4 is 5.73 Å². The van der Waals surface area contributed by atoms with Gasteiger partial charge in [0.05, 0.1) is 6.04 Å². The van der Waals surface area contributed by atoms with E-state index in [0.29, 0.717) is 6.54 Å². The summed E-state index contributed by atoms with van der Waals surface area (Å²) in [7, 11) is 4.25. The van der Waals surface area contributed by atoms with E-state index in [2.05, 4.69) is 75.3 Å². The normalized spacial score (nSPS) is 12.7. The molecule has 20 heavy (non-hydrogen) atoms. The summed E-state index contributed by atoms with van der Waals surface area (Å²) in [6.07, 6.45) is 0. The molecule has 2 heteroatoms. The lowest BCUT2D eigenvalue weighted by molar-refractivity contribution is 0.341. The second-order valence-corrected chi connectivity index (χ2v) is 5.68. The van der Waals surface area contributed by atoms with Gasteiger partial charge >= 0.3 is 0 Å². The summed E-state index contributed by atoms with van der Waals surface area (Å²) >= 11 is 0. The Bertz CT molecular complexity index is 588. The summed E-state index contributed by atoms with van der Waals surface area (Å²) in [4.78, 5) is 2.26. The van der Waals surface area contributed by atoms with Crippen molar-refractivity contribution in [3.8, 4) is 0 Å². The summed E-state index contributed by atoms with van der Waals surface area (Å²) in [5.41, 5.74) is 12.2. The first-order valence-corrected chi connectivity index (χ1v) is 7.05. The van der Waals surface area contributed by atoms with Gasteiger partial charge in [-0.3, -0.25) is 4.90 Å². The molecular formula is C18H24N2. The van der Waals surface area contributed by atoms with E-state index >= 15 is 0 Å². The van der Waals surface area contributed by atoms with Crippen molar-refractivity contribution < 1.29 is 0 Å². The van der Waals surface area contributed by atoms with E-state index in [1.165, 1.54) is 27.8 Å². The van der Waals surface area contributed by atoms with Crippen molar-refractivity contribution in [2.45, 2.75) is 26.4 Å². The molecule has 0 bridgehead atoms. The Kier molecular flexibility index (Phi) is 4.58. The highest BCUT2D eigenvalue weighted by Gasteiger charge is 2.18. The molecule has 0 heterocycles. The Morgan fingerprint density at radius 2 is 1.80 bits per heavy atom. The van der Waals surface area contributed by atoms with Crippen LogP contribution in [0.25, 0.3) is 0 Å². The van der Waals surface area contributed by atoms with Crippen molar-refractivity contribution in [3.05, 3.63) is 70.3 Å². The molecule has 2 nitrogen and oxygen atoms in total. The monoisotopic (exact) mass is 268 g/mol. The molecule has 1 atom stereocenters. The fourth-order valence-corrected chi connectivity index (χ4v) is 2.70. The molecule has 2 aromatic carbocycles. The maximum absolute atomic E-state index is 5.77. The Balaban J connectivity index is 2.53. The van der Waals surface area contributed by atoms with Gasteiger partial charge in [-0.25, -0.2) is 0 Å². The maximum Gasteiger partial charge on any atom is 0.0599 e. The van der Waals surface area contributed by atoms with Crippen LogP contribution in [0, 0.1) is 13.8 Å². The SMILES string of the molecule is Cc1ccc(C)c(C(c2cccc(CN)c2)N(C)C)c1. The largest absolute Gasteiger partial charge is 0.326 e. The molecule has 0 spiro atoms. The molecule has 0 fully saturated rings. The Hall–Kier alpha value is -1.64. The van der Waals surface area contributed by atoms with Crippen LogP contribution in [-0.4, -0.2) is 19.0 Å². The third kappa shape index (κ3) is 3.09. The van der Waals surface area contributed by atoms with Gasteiger partial charge < -0.3 is 5.73 Å². The molecule has 2 N–H and O–H groups in total. The van der Waals surface area contributed by atoms with Gasteiger partial charge in [0, 0.05) is 6.54 Å². The van der Waals surface area contributed by atoms with E-state index in [4.69, 9.17) is 5.73 Å². The fraction of sp³-hybridized carbons (Fsp3) is 0.333. The summed E-state index contributed by atoms with van der Waals surface area (Å²) in [5.74, 6) is 0. The summed E-state index contributed by atoms with van der Waals surface area (Å²) < 4.78 is 0. The van der Waals surface area contributed by atoms with E-state index in [-0.39, 0.29) is 6.04 Å². The number of nitrogens with two attached hydrogens (primary N) is 1. The molecule has 106 valence electrons. The topological polar surface area (TPSA) is 29.3 Å². The number of nitrogens with zero attached hydrogens (tertiary/aromatic N) is 1. The molecule has 0 aliphatic carbocycles. The molecule has 0 saturated carbocycles.